The highest BCUT2D eigenvalue weighted by Crippen LogP contribution is 2.29. The Morgan fingerprint density at radius 2 is 2.06 bits per heavy atom. The van der Waals surface area contributed by atoms with Crippen LogP contribution in [0.2, 0.25) is 0 Å². The minimum absolute atomic E-state index is 0.395. The first-order valence-electron chi connectivity index (χ1n) is 5.58. The van der Waals surface area contributed by atoms with Crippen molar-refractivity contribution in [1.82, 2.24) is 0 Å². The SMILES string of the molecule is NC(=O)/C=C\c1ccc(N2CCCCC2)s1. The number of hydrogen-bond donors (Lipinski definition) is 1. The molecule has 1 aliphatic rings. The van der Waals surface area contributed by atoms with Gasteiger partial charge in [0.05, 0.1) is 5.00 Å². The minimum atomic E-state index is -0.395. The summed E-state index contributed by atoms with van der Waals surface area (Å²) < 4.78 is 0. The highest BCUT2D eigenvalue weighted by atomic mass is 32.1. The molecule has 3 nitrogen and oxygen atoms in total. The van der Waals surface area contributed by atoms with Crippen LogP contribution in [0.1, 0.15) is 24.1 Å². The third-order valence-corrected chi connectivity index (χ3v) is 3.80. The molecule has 1 aromatic heterocycles. The Hall–Kier alpha value is -1.29. The Morgan fingerprint density at radius 3 is 2.75 bits per heavy atom. The molecule has 1 amide bonds. The van der Waals surface area contributed by atoms with Crippen LogP contribution in [0.15, 0.2) is 18.2 Å². The van der Waals surface area contributed by atoms with Crippen LogP contribution < -0.4 is 10.6 Å². The quantitative estimate of drug-likeness (QED) is 0.818. The van der Waals surface area contributed by atoms with Gasteiger partial charge in [-0.2, -0.15) is 0 Å². The number of piperidine rings is 1. The van der Waals surface area contributed by atoms with Crippen molar-refractivity contribution in [3.8, 4) is 0 Å². The Kier molecular flexibility index (Phi) is 3.62. The summed E-state index contributed by atoms with van der Waals surface area (Å²) in [7, 11) is 0. The average molecular weight is 236 g/mol. The first kappa shape index (κ1) is 11.2. The highest BCUT2D eigenvalue weighted by molar-refractivity contribution is 7.16. The maximum atomic E-state index is 10.6. The van der Waals surface area contributed by atoms with Crippen LogP contribution in [0.4, 0.5) is 5.00 Å². The van der Waals surface area contributed by atoms with E-state index in [-0.39, 0.29) is 0 Å². The molecule has 0 spiro atoms. The van der Waals surface area contributed by atoms with Gasteiger partial charge < -0.3 is 10.6 Å². The third kappa shape index (κ3) is 2.85. The molecule has 4 heteroatoms. The number of carbonyl (C=O) groups is 1. The second-order valence-electron chi connectivity index (χ2n) is 3.96. The van der Waals surface area contributed by atoms with Crippen LogP contribution in [0.3, 0.4) is 0 Å². The first-order chi connectivity index (χ1) is 7.75. The van der Waals surface area contributed by atoms with Gasteiger partial charge in [-0.3, -0.25) is 4.79 Å². The Balaban J connectivity index is 2.03. The molecule has 2 rings (SSSR count). The molecule has 0 aromatic carbocycles. The van der Waals surface area contributed by atoms with Gasteiger partial charge in [-0.1, -0.05) is 0 Å². The number of nitrogens with zero attached hydrogens (tertiary/aromatic N) is 1. The van der Waals surface area contributed by atoms with Crippen molar-refractivity contribution >= 4 is 28.3 Å². The maximum Gasteiger partial charge on any atom is 0.241 e. The number of rotatable bonds is 3. The number of carbonyl (C=O) groups excluding carboxylic acids is 1. The fourth-order valence-corrected chi connectivity index (χ4v) is 2.84. The molecular formula is C12H16N2OS. The van der Waals surface area contributed by atoms with E-state index in [1.165, 1.54) is 30.3 Å². The van der Waals surface area contributed by atoms with Crippen LogP contribution in [-0.2, 0) is 4.79 Å². The van der Waals surface area contributed by atoms with Crippen molar-refractivity contribution in [1.29, 1.82) is 0 Å². The number of primary amides is 1. The summed E-state index contributed by atoms with van der Waals surface area (Å²) in [6.45, 7) is 2.30. The van der Waals surface area contributed by atoms with E-state index in [1.807, 2.05) is 6.07 Å². The number of thiophene rings is 1. The molecule has 0 radical (unpaired) electrons. The molecule has 0 atom stereocenters. The van der Waals surface area contributed by atoms with Crippen molar-refractivity contribution < 1.29 is 4.79 Å². The van der Waals surface area contributed by atoms with Gasteiger partial charge in [0.2, 0.25) is 5.91 Å². The van der Waals surface area contributed by atoms with E-state index in [0.29, 0.717) is 0 Å². The number of amides is 1. The molecule has 0 aliphatic carbocycles. The zero-order valence-electron chi connectivity index (χ0n) is 9.19. The normalized spacial score (nSPS) is 16.9. The lowest BCUT2D eigenvalue weighted by Crippen LogP contribution is -2.28. The molecule has 86 valence electrons. The first-order valence-corrected chi connectivity index (χ1v) is 6.39. The fraction of sp³-hybridized carbons (Fsp3) is 0.417. The van der Waals surface area contributed by atoms with E-state index < -0.39 is 5.91 Å². The Labute approximate surface area is 99.6 Å². The fourth-order valence-electron chi connectivity index (χ4n) is 1.88. The van der Waals surface area contributed by atoms with Gasteiger partial charge in [-0.25, -0.2) is 0 Å². The molecular weight excluding hydrogens is 220 g/mol. The molecule has 1 saturated heterocycles. The average Bonchev–Trinajstić information content (AvgIpc) is 2.76. The number of nitrogens with two attached hydrogens (primary N) is 1. The molecule has 16 heavy (non-hydrogen) atoms. The lowest BCUT2D eigenvalue weighted by molar-refractivity contribution is -0.113. The molecule has 0 bridgehead atoms. The summed E-state index contributed by atoms with van der Waals surface area (Å²) in [4.78, 5) is 14.1. The topological polar surface area (TPSA) is 46.3 Å². The van der Waals surface area contributed by atoms with E-state index in [4.69, 9.17) is 5.73 Å². The highest BCUT2D eigenvalue weighted by Gasteiger charge is 2.12. The predicted molar refractivity (Wildman–Crippen MR) is 68.6 cm³/mol. The molecule has 0 saturated carbocycles. The van der Waals surface area contributed by atoms with Crippen molar-refractivity contribution in [3.05, 3.63) is 23.1 Å². The second kappa shape index (κ2) is 5.16. The minimum Gasteiger partial charge on any atom is -0.366 e. The number of hydrogen-bond acceptors (Lipinski definition) is 3. The monoisotopic (exact) mass is 236 g/mol. The Morgan fingerprint density at radius 1 is 1.31 bits per heavy atom. The summed E-state index contributed by atoms with van der Waals surface area (Å²) in [5, 5.41) is 1.30. The van der Waals surface area contributed by atoms with Gasteiger partial charge in [-0.15, -0.1) is 11.3 Å². The van der Waals surface area contributed by atoms with E-state index >= 15 is 0 Å². The Bertz CT molecular complexity index is 391. The lowest BCUT2D eigenvalue weighted by atomic mass is 10.1. The van der Waals surface area contributed by atoms with Crippen molar-refractivity contribution in [3.63, 3.8) is 0 Å². The van der Waals surface area contributed by atoms with E-state index in [0.717, 1.165) is 18.0 Å². The summed E-state index contributed by atoms with van der Waals surface area (Å²) in [5.41, 5.74) is 5.06. The molecule has 0 unspecified atom stereocenters. The van der Waals surface area contributed by atoms with Crippen molar-refractivity contribution in [2.24, 2.45) is 5.73 Å². The summed E-state index contributed by atoms with van der Waals surface area (Å²) >= 11 is 1.71. The molecule has 1 fully saturated rings. The zero-order chi connectivity index (χ0) is 11.4. The summed E-state index contributed by atoms with van der Waals surface area (Å²) in [5.74, 6) is -0.395. The van der Waals surface area contributed by atoms with Crippen LogP contribution in [0.25, 0.3) is 6.08 Å². The van der Waals surface area contributed by atoms with E-state index in [2.05, 4.69) is 11.0 Å². The van der Waals surface area contributed by atoms with Crippen LogP contribution in [-0.4, -0.2) is 19.0 Å². The number of anilines is 1. The predicted octanol–water partition coefficient (Wildman–Crippen LogP) is 2.24. The lowest BCUT2D eigenvalue weighted by Gasteiger charge is -2.27. The summed E-state index contributed by atoms with van der Waals surface area (Å²) in [6, 6.07) is 4.16. The van der Waals surface area contributed by atoms with Crippen molar-refractivity contribution in [2.75, 3.05) is 18.0 Å². The van der Waals surface area contributed by atoms with Gasteiger partial charge in [-0.05, 0) is 37.5 Å². The van der Waals surface area contributed by atoms with Gasteiger partial charge >= 0.3 is 0 Å². The van der Waals surface area contributed by atoms with Crippen molar-refractivity contribution in [2.45, 2.75) is 19.3 Å². The largest absolute Gasteiger partial charge is 0.366 e. The maximum absolute atomic E-state index is 10.6. The van der Waals surface area contributed by atoms with Crippen LogP contribution >= 0.6 is 11.3 Å². The van der Waals surface area contributed by atoms with Gasteiger partial charge in [0.25, 0.3) is 0 Å². The molecule has 1 aromatic rings. The van der Waals surface area contributed by atoms with Crippen LogP contribution in [0.5, 0.6) is 0 Å². The van der Waals surface area contributed by atoms with Gasteiger partial charge in [0.1, 0.15) is 0 Å². The van der Waals surface area contributed by atoms with E-state index in [9.17, 15) is 4.79 Å². The second-order valence-corrected chi connectivity index (χ2v) is 5.05. The smallest absolute Gasteiger partial charge is 0.241 e. The summed E-state index contributed by atoms with van der Waals surface area (Å²) in [6.07, 6.45) is 7.09. The molecule has 2 heterocycles. The molecule has 2 N–H and O–H groups in total. The third-order valence-electron chi connectivity index (χ3n) is 2.69. The van der Waals surface area contributed by atoms with Gasteiger partial charge in [0.15, 0.2) is 0 Å². The van der Waals surface area contributed by atoms with Gasteiger partial charge in [0, 0.05) is 24.0 Å². The zero-order valence-corrected chi connectivity index (χ0v) is 10.0. The van der Waals surface area contributed by atoms with E-state index in [1.54, 1.807) is 17.4 Å². The molecule has 1 aliphatic heterocycles. The van der Waals surface area contributed by atoms with Crippen LogP contribution in [0, 0.1) is 0 Å². The standard InChI is InChI=1S/C12H16N2OS/c13-11(15)6-4-10-5-7-12(16-10)14-8-2-1-3-9-14/h4-7H,1-3,8-9H2,(H2,13,15)/b6-4-.